The number of anilines is 1. The molecule has 2 heterocycles. The van der Waals surface area contributed by atoms with Gasteiger partial charge in [0.1, 0.15) is 0 Å². The lowest BCUT2D eigenvalue weighted by atomic mass is 9.97. The molecule has 2 amide bonds. The zero-order valence-electron chi connectivity index (χ0n) is 13.9. The van der Waals surface area contributed by atoms with Gasteiger partial charge in [-0.25, -0.2) is 9.97 Å². The van der Waals surface area contributed by atoms with Gasteiger partial charge < -0.3 is 16.0 Å². The normalized spacial score (nSPS) is 17.1. The Morgan fingerprint density at radius 1 is 1.24 bits per heavy atom. The summed E-state index contributed by atoms with van der Waals surface area (Å²) < 4.78 is 0. The van der Waals surface area contributed by atoms with Gasteiger partial charge in [0.2, 0.25) is 17.8 Å². The van der Waals surface area contributed by atoms with Crippen molar-refractivity contribution in [3.05, 3.63) is 53.9 Å². The van der Waals surface area contributed by atoms with E-state index >= 15 is 0 Å². The van der Waals surface area contributed by atoms with Crippen LogP contribution in [0.3, 0.4) is 0 Å². The third kappa shape index (κ3) is 4.32. The molecule has 3 N–H and O–H groups in total. The summed E-state index contributed by atoms with van der Waals surface area (Å²) in [6.45, 7) is 1.84. The van der Waals surface area contributed by atoms with Gasteiger partial charge in [0.25, 0.3) is 0 Å². The van der Waals surface area contributed by atoms with Crippen molar-refractivity contribution in [2.45, 2.75) is 19.4 Å². The highest BCUT2D eigenvalue weighted by Gasteiger charge is 2.26. The number of hydrogen-bond donors (Lipinski definition) is 2. The number of nitrogens with two attached hydrogens (primary N) is 1. The van der Waals surface area contributed by atoms with Crippen LogP contribution < -0.4 is 16.0 Å². The van der Waals surface area contributed by atoms with Crippen LogP contribution in [0.1, 0.15) is 28.8 Å². The minimum atomic E-state index is -0.473. The van der Waals surface area contributed by atoms with Gasteiger partial charge in [-0.3, -0.25) is 9.59 Å². The number of nitrogens with one attached hydrogen (secondary N) is 1. The first-order chi connectivity index (χ1) is 12.1. The molecule has 0 bridgehead atoms. The molecular weight excluding hydrogens is 318 g/mol. The predicted octanol–water partition coefficient (Wildman–Crippen LogP) is 1.11. The minimum Gasteiger partial charge on any atom is -0.366 e. The van der Waals surface area contributed by atoms with E-state index in [1.54, 1.807) is 36.7 Å². The highest BCUT2D eigenvalue weighted by molar-refractivity contribution is 5.92. The van der Waals surface area contributed by atoms with Crippen LogP contribution in [0.4, 0.5) is 5.95 Å². The van der Waals surface area contributed by atoms with E-state index in [4.69, 9.17) is 5.73 Å². The Kier molecular flexibility index (Phi) is 5.23. The largest absolute Gasteiger partial charge is 0.366 e. The maximum Gasteiger partial charge on any atom is 0.248 e. The summed E-state index contributed by atoms with van der Waals surface area (Å²) in [5.41, 5.74) is 6.57. The third-order valence-corrected chi connectivity index (χ3v) is 4.31. The molecule has 0 aliphatic carbocycles. The number of hydrogen-bond acceptors (Lipinski definition) is 5. The number of carbonyl (C=O) groups is 2. The Labute approximate surface area is 146 Å². The first kappa shape index (κ1) is 16.9. The molecule has 1 aromatic carbocycles. The summed E-state index contributed by atoms with van der Waals surface area (Å²) in [7, 11) is 0. The van der Waals surface area contributed by atoms with Crippen LogP contribution in [0.2, 0.25) is 0 Å². The van der Waals surface area contributed by atoms with E-state index in [0.717, 1.165) is 24.9 Å². The molecule has 0 spiro atoms. The number of nitrogens with zero attached hydrogens (tertiary/aromatic N) is 3. The number of rotatable bonds is 5. The van der Waals surface area contributed by atoms with Crippen molar-refractivity contribution in [3.63, 3.8) is 0 Å². The average molecular weight is 339 g/mol. The first-order valence-corrected chi connectivity index (χ1v) is 8.32. The van der Waals surface area contributed by atoms with E-state index in [-0.39, 0.29) is 11.8 Å². The molecule has 1 aromatic heterocycles. The van der Waals surface area contributed by atoms with Gasteiger partial charge in [-0.05, 0) is 36.6 Å². The van der Waals surface area contributed by atoms with Crippen molar-refractivity contribution in [2.75, 3.05) is 18.0 Å². The van der Waals surface area contributed by atoms with Gasteiger partial charge in [-0.15, -0.1) is 0 Å². The molecule has 130 valence electrons. The topological polar surface area (TPSA) is 101 Å². The molecule has 1 saturated heterocycles. The quantitative estimate of drug-likeness (QED) is 0.850. The Morgan fingerprint density at radius 2 is 2.04 bits per heavy atom. The zero-order chi connectivity index (χ0) is 17.6. The molecule has 0 radical (unpaired) electrons. The molecule has 7 heteroatoms. The molecule has 1 fully saturated rings. The number of benzene rings is 1. The zero-order valence-corrected chi connectivity index (χ0v) is 13.9. The molecule has 0 saturated carbocycles. The van der Waals surface area contributed by atoms with Crippen molar-refractivity contribution >= 4 is 17.8 Å². The molecule has 0 unspecified atom stereocenters. The molecule has 7 nitrogen and oxygen atoms in total. The van der Waals surface area contributed by atoms with E-state index in [1.807, 2.05) is 11.0 Å². The molecule has 3 rings (SSSR count). The average Bonchev–Trinajstić information content (AvgIpc) is 2.67. The van der Waals surface area contributed by atoms with Gasteiger partial charge in [0.05, 0.1) is 5.92 Å². The standard InChI is InChI=1S/C18H21N5O2/c19-16(24)14-5-1-4-13(10-14)11-22-17(25)15-6-2-9-23(12-15)18-20-7-3-8-21-18/h1,3-5,7-8,10,15H,2,6,9,11-12H2,(H2,19,24)(H,22,25)/t15-/m1/s1. The fourth-order valence-electron chi connectivity index (χ4n) is 3.00. The van der Waals surface area contributed by atoms with Gasteiger partial charge in [0, 0.05) is 37.6 Å². The first-order valence-electron chi connectivity index (χ1n) is 8.32. The van der Waals surface area contributed by atoms with E-state index < -0.39 is 5.91 Å². The second-order valence-electron chi connectivity index (χ2n) is 6.12. The van der Waals surface area contributed by atoms with E-state index in [1.165, 1.54) is 0 Å². The number of piperidine rings is 1. The summed E-state index contributed by atoms with van der Waals surface area (Å²) >= 11 is 0. The van der Waals surface area contributed by atoms with Crippen LogP contribution >= 0.6 is 0 Å². The molecule has 25 heavy (non-hydrogen) atoms. The lowest BCUT2D eigenvalue weighted by molar-refractivity contribution is -0.125. The molecular formula is C18H21N5O2. The van der Waals surface area contributed by atoms with Crippen LogP contribution in [0, 0.1) is 5.92 Å². The summed E-state index contributed by atoms with van der Waals surface area (Å²) in [5, 5.41) is 2.95. The maximum atomic E-state index is 12.5. The Hall–Kier alpha value is -2.96. The summed E-state index contributed by atoms with van der Waals surface area (Å²) in [6, 6.07) is 8.76. The summed E-state index contributed by atoms with van der Waals surface area (Å²) in [5.74, 6) is 0.0927. The summed E-state index contributed by atoms with van der Waals surface area (Å²) in [4.78, 5) is 34.3. The Balaban J connectivity index is 1.58. The van der Waals surface area contributed by atoms with Gasteiger partial charge >= 0.3 is 0 Å². The van der Waals surface area contributed by atoms with Gasteiger partial charge in [-0.2, -0.15) is 0 Å². The van der Waals surface area contributed by atoms with Crippen LogP contribution in [-0.2, 0) is 11.3 Å². The molecule has 2 aromatic rings. The van der Waals surface area contributed by atoms with E-state index in [9.17, 15) is 9.59 Å². The lowest BCUT2D eigenvalue weighted by Gasteiger charge is -2.31. The highest BCUT2D eigenvalue weighted by atomic mass is 16.2. The second kappa shape index (κ2) is 7.74. The molecule has 1 aliphatic rings. The predicted molar refractivity (Wildman–Crippen MR) is 93.8 cm³/mol. The maximum absolute atomic E-state index is 12.5. The minimum absolute atomic E-state index is 0.00473. The van der Waals surface area contributed by atoms with Crippen molar-refractivity contribution in [3.8, 4) is 0 Å². The van der Waals surface area contributed by atoms with Gasteiger partial charge in [0.15, 0.2) is 0 Å². The van der Waals surface area contributed by atoms with Crippen LogP contribution in [-0.4, -0.2) is 34.9 Å². The Morgan fingerprint density at radius 3 is 2.80 bits per heavy atom. The number of carbonyl (C=O) groups excluding carboxylic acids is 2. The van der Waals surface area contributed by atoms with E-state index in [0.29, 0.717) is 24.6 Å². The monoisotopic (exact) mass is 339 g/mol. The fraction of sp³-hybridized carbons (Fsp3) is 0.333. The Bertz CT molecular complexity index is 750. The molecule has 1 atom stereocenters. The summed E-state index contributed by atoms with van der Waals surface area (Å²) in [6.07, 6.45) is 5.18. The van der Waals surface area contributed by atoms with Crippen LogP contribution in [0.5, 0.6) is 0 Å². The van der Waals surface area contributed by atoms with Crippen molar-refractivity contribution < 1.29 is 9.59 Å². The number of primary amides is 1. The van der Waals surface area contributed by atoms with E-state index in [2.05, 4.69) is 15.3 Å². The van der Waals surface area contributed by atoms with Crippen molar-refractivity contribution in [2.24, 2.45) is 11.7 Å². The van der Waals surface area contributed by atoms with Crippen molar-refractivity contribution in [1.82, 2.24) is 15.3 Å². The number of aromatic nitrogens is 2. The van der Waals surface area contributed by atoms with Crippen LogP contribution in [0.25, 0.3) is 0 Å². The van der Waals surface area contributed by atoms with Crippen molar-refractivity contribution in [1.29, 1.82) is 0 Å². The second-order valence-corrected chi connectivity index (χ2v) is 6.12. The lowest BCUT2D eigenvalue weighted by Crippen LogP contribution is -2.43. The fourth-order valence-corrected chi connectivity index (χ4v) is 3.00. The SMILES string of the molecule is NC(=O)c1cccc(CNC(=O)[C@@H]2CCCN(c3ncccn3)C2)c1. The smallest absolute Gasteiger partial charge is 0.248 e. The highest BCUT2D eigenvalue weighted by Crippen LogP contribution is 2.20. The van der Waals surface area contributed by atoms with Gasteiger partial charge in [-0.1, -0.05) is 12.1 Å². The molecule has 1 aliphatic heterocycles. The number of amides is 2. The third-order valence-electron chi connectivity index (χ3n) is 4.31. The van der Waals surface area contributed by atoms with Crippen LogP contribution in [0.15, 0.2) is 42.7 Å².